The third kappa shape index (κ3) is 1.91. The Labute approximate surface area is 91.1 Å². The van der Waals surface area contributed by atoms with Crippen LogP contribution < -0.4 is 5.73 Å². The molecule has 0 amide bonds. The molecule has 0 aliphatic heterocycles. The Bertz CT molecular complexity index is 513. The highest BCUT2D eigenvalue weighted by Gasteiger charge is 2.09. The molecule has 2 N–H and O–H groups in total. The van der Waals surface area contributed by atoms with Crippen LogP contribution in [0.15, 0.2) is 18.2 Å². The van der Waals surface area contributed by atoms with E-state index in [0.717, 1.165) is 0 Å². The molecule has 0 saturated heterocycles. The summed E-state index contributed by atoms with van der Waals surface area (Å²) in [5.74, 6) is 0.0978. The highest BCUT2D eigenvalue weighted by Crippen LogP contribution is 2.22. The van der Waals surface area contributed by atoms with Crippen molar-refractivity contribution >= 4 is 22.5 Å². The zero-order valence-electron chi connectivity index (χ0n) is 8.04. The molecule has 0 spiro atoms. The van der Waals surface area contributed by atoms with Gasteiger partial charge in [-0.1, -0.05) is 11.6 Å². The molecule has 0 fully saturated rings. The lowest BCUT2D eigenvalue weighted by Gasteiger charge is -2.06. The molecule has 5 heteroatoms. The van der Waals surface area contributed by atoms with Gasteiger partial charge in [0.05, 0.1) is 11.6 Å². The van der Waals surface area contributed by atoms with Crippen molar-refractivity contribution in [3.8, 4) is 0 Å². The molecule has 2 rings (SSSR count). The van der Waals surface area contributed by atoms with Gasteiger partial charge < -0.3 is 5.73 Å². The number of hydrogen-bond acceptors (Lipinski definition) is 3. The van der Waals surface area contributed by atoms with Crippen LogP contribution >= 0.6 is 11.6 Å². The molecule has 0 saturated carbocycles. The van der Waals surface area contributed by atoms with Crippen molar-refractivity contribution in [2.45, 2.75) is 13.0 Å². The van der Waals surface area contributed by atoms with Gasteiger partial charge in [0.2, 0.25) is 0 Å². The molecule has 0 bridgehead atoms. The van der Waals surface area contributed by atoms with Gasteiger partial charge >= 0.3 is 0 Å². The van der Waals surface area contributed by atoms with Gasteiger partial charge in [-0.3, -0.25) is 0 Å². The molecular formula is C10H9ClFN3. The van der Waals surface area contributed by atoms with Crippen LogP contribution in [0.2, 0.25) is 5.15 Å². The smallest absolute Gasteiger partial charge is 0.147 e. The minimum Gasteiger partial charge on any atom is -0.322 e. The zero-order chi connectivity index (χ0) is 11.0. The highest BCUT2D eigenvalue weighted by molar-refractivity contribution is 6.34. The van der Waals surface area contributed by atoms with Crippen molar-refractivity contribution in [1.82, 2.24) is 9.97 Å². The molecule has 0 radical (unpaired) electrons. The summed E-state index contributed by atoms with van der Waals surface area (Å²) in [7, 11) is 0. The van der Waals surface area contributed by atoms with E-state index in [2.05, 4.69) is 9.97 Å². The monoisotopic (exact) mass is 225 g/mol. The van der Waals surface area contributed by atoms with Gasteiger partial charge in [0.15, 0.2) is 0 Å². The first-order chi connectivity index (χ1) is 7.08. The molecular weight excluding hydrogens is 217 g/mol. The summed E-state index contributed by atoms with van der Waals surface area (Å²) in [6.07, 6.45) is 0. The summed E-state index contributed by atoms with van der Waals surface area (Å²) in [6.45, 7) is 1.76. The molecule has 1 unspecified atom stereocenters. The number of aromatic nitrogens is 2. The fraction of sp³-hybridized carbons (Fsp3) is 0.200. The molecule has 2 aromatic rings. The van der Waals surface area contributed by atoms with E-state index >= 15 is 0 Å². The predicted octanol–water partition coefficient (Wildman–Crippen LogP) is 2.44. The first-order valence-corrected chi connectivity index (χ1v) is 4.84. The quantitative estimate of drug-likeness (QED) is 0.759. The standard InChI is InChI=1S/C10H9ClFN3/c1-5(13)10-14-8-3-2-6(12)4-7(8)9(11)15-10/h2-5H,13H2,1H3. The van der Waals surface area contributed by atoms with E-state index in [4.69, 9.17) is 17.3 Å². The van der Waals surface area contributed by atoms with E-state index in [-0.39, 0.29) is 17.0 Å². The van der Waals surface area contributed by atoms with Gasteiger partial charge in [0, 0.05) is 5.39 Å². The largest absolute Gasteiger partial charge is 0.322 e. The van der Waals surface area contributed by atoms with Crippen LogP contribution in [0.5, 0.6) is 0 Å². The van der Waals surface area contributed by atoms with Crippen molar-refractivity contribution < 1.29 is 4.39 Å². The van der Waals surface area contributed by atoms with E-state index in [1.165, 1.54) is 12.1 Å². The molecule has 1 atom stereocenters. The minimum atomic E-state index is -0.360. The van der Waals surface area contributed by atoms with Crippen LogP contribution in [0, 0.1) is 5.82 Å². The van der Waals surface area contributed by atoms with Crippen LogP contribution in [0.4, 0.5) is 4.39 Å². The number of hydrogen-bond donors (Lipinski definition) is 1. The van der Waals surface area contributed by atoms with Crippen LogP contribution in [-0.2, 0) is 0 Å². The van der Waals surface area contributed by atoms with Gasteiger partial charge in [-0.25, -0.2) is 14.4 Å². The van der Waals surface area contributed by atoms with Gasteiger partial charge in [0.25, 0.3) is 0 Å². The summed E-state index contributed by atoms with van der Waals surface area (Å²) in [4.78, 5) is 8.19. The third-order valence-electron chi connectivity index (χ3n) is 2.04. The van der Waals surface area contributed by atoms with Gasteiger partial charge in [0.1, 0.15) is 16.8 Å². The number of nitrogens with zero attached hydrogens (tertiary/aromatic N) is 2. The predicted molar refractivity (Wildman–Crippen MR) is 57.1 cm³/mol. The summed E-state index contributed by atoms with van der Waals surface area (Å²) in [5.41, 5.74) is 6.25. The van der Waals surface area contributed by atoms with E-state index < -0.39 is 0 Å². The van der Waals surface area contributed by atoms with Gasteiger partial charge in [-0.2, -0.15) is 0 Å². The Morgan fingerprint density at radius 3 is 2.80 bits per heavy atom. The van der Waals surface area contributed by atoms with Crippen molar-refractivity contribution in [1.29, 1.82) is 0 Å². The van der Waals surface area contributed by atoms with Crippen LogP contribution in [0.25, 0.3) is 10.9 Å². The van der Waals surface area contributed by atoms with Crippen LogP contribution in [0.3, 0.4) is 0 Å². The van der Waals surface area contributed by atoms with E-state index in [1.54, 1.807) is 13.0 Å². The van der Waals surface area contributed by atoms with E-state index in [9.17, 15) is 4.39 Å². The second-order valence-corrected chi connectivity index (χ2v) is 3.68. The van der Waals surface area contributed by atoms with Crippen molar-refractivity contribution in [2.75, 3.05) is 0 Å². The second kappa shape index (κ2) is 3.72. The molecule has 1 heterocycles. The maximum absolute atomic E-state index is 12.9. The van der Waals surface area contributed by atoms with Crippen molar-refractivity contribution in [3.05, 3.63) is 35.0 Å². The van der Waals surface area contributed by atoms with Crippen molar-refractivity contribution in [2.24, 2.45) is 5.73 Å². The minimum absolute atomic E-state index is 0.229. The third-order valence-corrected chi connectivity index (χ3v) is 2.32. The zero-order valence-corrected chi connectivity index (χ0v) is 8.79. The fourth-order valence-corrected chi connectivity index (χ4v) is 1.52. The lowest BCUT2D eigenvalue weighted by Crippen LogP contribution is -2.10. The summed E-state index contributed by atoms with van der Waals surface area (Å²) < 4.78 is 12.9. The molecule has 1 aromatic heterocycles. The Balaban J connectivity index is 2.73. The number of rotatable bonds is 1. The first kappa shape index (κ1) is 10.3. The SMILES string of the molecule is CC(N)c1nc(Cl)c2cc(F)ccc2n1. The molecule has 15 heavy (non-hydrogen) atoms. The van der Waals surface area contributed by atoms with E-state index in [0.29, 0.717) is 16.7 Å². The Hall–Kier alpha value is -1.26. The van der Waals surface area contributed by atoms with Gasteiger partial charge in [-0.15, -0.1) is 0 Å². The summed E-state index contributed by atoms with van der Waals surface area (Å²) >= 11 is 5.90. The average molecular weight is 226 g/mol. The maximum atomic E-state index is 12.9. The number of nitrogens with two attached hydrogens (primary N) is 1. The number of fused-ring (bicyclic) bond motifs is 1. The van der Waals surface area contributed by atoms with Crippen LogP contribution in [0.1, 0.15) is 18.8 Å². The number of halogens is 2. The normalized spacial score (nSPS) is 13.1. The molecule has 0 aliphatic carbocycles. The molecule has 0 aliphatic rings. The second-order valence-electron chi connectivity index (χ2n) is 3.32. The topological polar surface area (TPSA) is 51.8 Å². The van der Waals surface area contributed by atoms with Crippen molar-refractivity contribution in [3.63, 3.8) is 0 Å². The number of benzene rings is 1. The first-order valence-electron chi connectivity index (χ1n) is 4.46. The lowest BCUT2D eigenvalue weighted by molar-refractivity contribution is 0.629. The lowest BCUT2D eigenvalue weighted by atomic mass is 10.2. The fourth-order valence-electron chi connectivity index (χ4n) is 1.28. The Morgan fingerprint density at radius 1 is 1.40 bits per heavy atom. The molecule has 3 nitrogen and oxygen atoms in total. The van der Waals surface area contributed by atoms with Gasteiger partial charge in [-0.05, 0) is 25.1 Å². The summed E-state index contributed by atoms with van der Waals surface area (Å²) in [5, 5.41) is 0.730. The van der Waals surface area contributed by atoms with E-state index in [1.807, 2.05) is 0 Å². The molecule has 78 valence electrons. The highest BCUT2D eigenvalue weighted by atomic mass is 35.5. The maximum Gasteiger partial charge on any atom is 0.147 e. The summed E-state index contributed by atoms with van der Waals surface area (Å²) in [6, 6.07) is 3.90. The molecule has 1 aromatic carbocycles. The Kier molecular flexibility index (Phi) is 2.54. The van der Waals surface area contributed by atoms with Crippen LogP contribution in [-0.4, -0.2) is 9.97 Å². The Morgan fingerprint density at radius 2 is 2.13 bits per heavy atom. The average Bonchev–Trinajstić information content (AvgIpc) is 2.18.